The van der Waals surface area contributed by atoms with E-state index in [1.165, 1.54) is 6.07 Å². The molecule has 0 radical (unpaired) electrons. The summed E-state index contributed by atoms with van der Waals surface area (Å²) in [5.41, 5.74) is 1.60. The second-order valence-corrected chi connectivity index (χ2v) is 5.03. The van der Waals surface area contributed by atoms with E-state index >= 15 is 0 Å². The zero-order valence-corrected chi connectivity index (χ0v) is 11.3. The molecule has 3 rings (SSSR count). The smallest absolute Gasteiger partial charge is 0.178 e. The van der Waals surface area contributed by atoms with Gasteiger partial charge < -0.3 is 4.98 Å². The van der Waals surface area contributed by atoms with Crippen LogP contribution in [0.15, 0.2) is 34.9 Å². The lowest BCUT2D eigenvalue weighted by Crippen LogP contribution is -1.87. The number of hydrogen-bond donors (Lipinski definition) is 1. The van der Waals surface area contributed by atoms with Gasteiger partial charge in [-0.1, -0.05) is 17.7 Å². The molecule has 0 bridgehead atoms. The summed E-state index contributed by atoms with van der Waals surface area (Å²) in [5, 5.41) is 0.0714. The molecule has 0 unspecified atom stereocenters. The second kappa shape index (κ2) is 4.33. The van der Waals surface area contributed by atoms with Crippen molar-refractivity contribution >= 4 is 38.7 Å². The van der Waals surface area contributed by atoms with Crippen LogP contribution in [0.3, 0.4) is 0 Å². The van der Waals surface area contributed by atoms with Gasteiger partial charge in [0.25, 0.3) is 0 Å². The zero-order valence-electron chi connectivity index (χ0n) is 8.92. The molecule has 0 atom stereocenters. The first kappa shape index (κ1) is 11.6. The molecule has 2 aromatic heterocycles. The van der Waals surface area contributed by atoms with E-state index in [0.29, 0.717) is 17.0 Å². The third-order valence-corrected chi connectivity index (χ3v) is 3.24. The molecular weight excluding hydrogens is 321 g/mol. The fraction of sp³-hybridized carbons (Fsp3) is 0. The standard InChI is InChI=1S/C12H6BrClFN3/c13-6-4-9-12(16-5-6)18-11(17-9)7-2-1-3-8(14)10(7)15/h1-5H,(H,16,17,18). The minimum Gasteiger partial charge on any atom is -0.336 e. The molecule has 0 aliphatic heterocycles. The van der Waals surface area contributed by atoms with Gasteiger partial charge in [-0.05, 0) is 34.1 Å². The molecule has 2 heterocycles. The minimum atomic E-state index is -0.489. The lowest BCUT2D eigenvalue weighted by atomic mass is 10.2. The summed E-state index contributed by atoms with van der Waals surface area (Å²) >= 11 is 9.07. The predicted octanol–water partition coefficient (Wildman–Crippen LogP) is 4.18. The number of nitrogens with zero attached hydrogens (tertiary/aromatic N) is 2. The highest BCUT2D eigenvalue weighted by Crippen LogP contribution is 2.27. The summed E-state index contributed by atoms with van der Waals surface area (Å²) in [6.07, 6.45) is 1.64. The Hall–Kier alpha value is -1.46. The Bertz CT molecular complexity index is 741. The Morgan fingerprint density at radius 2 is 2.17 bits per heavy atom. The highest BCUT2D eigenvalue weighted by atomic mass is 79.9. The molecular formula is C12H6BrClFN3. The van der Waals surface area contributed by atoms with E-state index in [2.05, 4.69) is 30.9 Å². The third kappa shape index (κ3) is 1.89. The summed E-state index contributed by atoms with van der Waals surface area (Å²) in [6.45, 7) is 0. The van der Waals surface area contributed by atoms with E-state index in [9.17, 15) is 4.39 Å². The number of imidazole rings is 1. The number of benzene rings is 1. The minimum absolute atomic E-state index is 0.0714. The first-order chi connectivity index (χ1) is 8.65. The molecule has 0 fully saturated rings. The molecule has 0 aliphatic rings. The van der Waals surface area contributed by atoms with Crippen LogP contribution in [0.2, 0.25) is 5.02 Å². The second-order valence-electron chi connectivity index (χ2n) is 3.71. The average Bonchev–Trinajstić information content (AvgIpc) is 2.75. The van der Waals surface area contributed by atoms with Crippen LogP contribution in [0.1, 0.15) is 0 Å². The maximum atomic E-state index is 13.9. The van der Waals surface area contributed by atoms with Gasteiger partial charge in [-0.3, -0.25) is 0 Å². The van der Waals surface area contributed by atoms with Crippen LogP contribution in [-0.2, 0) is 0 Å². The number of aromatic nitrogens is 3. The number of fused-ring (bicyclic) bond motifs is 1. The van der Waals surface area contributed by atoms with Gasteiger partial charge in [-0.15, -0.1) is 0 Å². The number of nitrogens with one attached hydrogen (secondary N) is 1. The van der Waals surface area contributed by atoms with E-state index < -0.39 is 5.82 Å². The van der Waals surface area contributed by atoms with E-state index in [4.69, 9.17) is 11.6 Å². The van der Waals surface area contributed by atoms with E-state index in [-0.39, 0.29) is 5.02 Å². The Morgan fingerprint density at radius 3 is 3.00 bits per heavy atom. The molecule has 3 nitrogen and oxygen atoms in total. The van der Waals surface area contributed by atoms with Gasteiger partial charge in [-0.25, -0.2) is 14.4 Å². The monoisotopic (exact) mass is 325 g/mol. The maximum Gasteiger partial charge on any atom is 0.178 e. The average molecular weight is 327 g/mol. The van der Waals surface area contributed by atoms with Gasteiger partial charge in [-0.2, -0.15) is 0 Å². The van der Waals surface area contributed by atoms with Crippen LogP contribution >= 0.6 is 27.5 Å². The topological polar surface area (TPSA) is 41.6 Å². The Morgan fingerprint density at radius 1 is 1.33 bits per heavy atom. The normalized spacial score (nSPS) is 11.1. The molecule has 90 valence electrons. The molecule has 1 aromatic carbocycles. The number of halogens is 3. The molecule has 1 N–H and O–H groups in total. The summed E-state index contributed by atoms with van der Waals surface area (Å²) in [4.78, 5) is 11.4. The fourth-order valence-corrected chi connectivity index (χ4v) is 2.19. The van der Waals surface area contributed by atoms with Crippen molar-refractivity contribution in [3.8, 4) is 11.4 Å². The van der Waals surface area contributed by atoms with Crippen molar-refractivity contribution in [3.05, 3.63) is 45.8 Å². The van der Waals surface area contributed by atoms with Crippen molar-refractivity contribution < 1.29 is 4.39 Å². The van der Waals surface area contributed by atoms with Crippen molar-refractivity contribution in [3.63, 3.8) is 0 Å². The van der Waals surface area contributed by atoms with Crippen LogP contribution in [-0.4, -0.2) is 15.0 Å². The maximum absolute atomic E-state index is 13.9. The van der Waals surface area contributed by atoms with E-state index in [1.54, 1.807) is 18.3 Å². The number of aromatic amines is 1. The molecule has 0 aliphatic carbocycles. The van der Waals surface area contributed by atoms with Crippen LogP contribution in [0.4, 0.5) is 4.39 Å². The Balaban J connectivity index is 2.22. The van der Waals surface area contributed by atoms with Gasteiger partial charge in [0, 0.05) is 10.7 Å². The van der Waals surface area contributed by atoms with Crippen molar-refractivity contribution in [1.29, 1.82) is 0 Å². The van der Waals surface area contributed by atoms with Crippen LogP contribution in [0.25, 0.3) is 22.6 Å². The SMILES string of the molecule is Fc1c(Cl)cccc1-c1nc2ncc(Br)cc2[nH]1. The lowest BCUT2D eigenvalue weighted by Gasteiger charge is -1.99. The largest absolute Gasteiger partial charge is 0.336 e. The van der Waals surface area contributed by atoms with E-state index in [0.717, 1.165) is 9.99 Å². The van der Waals surface area contributed by atoms with Crippen LogP contribution in [0, 0.1) is 5.82 Å². The first-order valence-electron chi connectivity index (χ1n) is 5.11. The molecule has 3 aromatic rings. The summed E-state index contributed by atoms with van der Waals surface area (Å²) in [5.74, 6) is -0.0760. The third-order valence-electron chi connectivity index (χ3n) is 2.51. The molecule has 18 heavy (non-hydrogen) atoms. The molecule has 0 amide bonds. The Kier molecular flexibility index (Phi) is 2.80. The van der Waals surface area contributed by atoms with Crippen molar-refractivity contribution in [2.45, 2.75) is 0 Å². The van der Waals surface area contributed by atoms with Crippen molar-refractivity contribution in [2.24, 2.45) is 0 Å². The quantitative estimate of drug-likeness (QED) is 0.729. The van der Waals surface area contributed by atoms with Gasteiger partial charge >= 0.3 is 0 Å². The van der Waals surface area contributed by atoms with Crippen LogP contribution in [0.5, 0.6) is 0 Å². The molecule has 0 spiro atoms. The molecule has 0 saturated carbocycles. The zero-order chi connectivity index (χ0) is 12.7. The Labute approximate surface area is 115 Å². The summed E-state index contributed by atoms with van der Waals surface area (Å²) < 4.78 is 14.7. The predicted molar refractivity (Wildman–Crippen MR) is 72.0 cm³/mol. The number of pyridine rings is 1. The van der Waals surface area contributed by atoms with Crippen molar-refractivity contribution in [2.75, 3.05) is 0 Å². The van der Waals surface area contributed by atoms with Crippen LogP contribution < -0.4 is 0 Å². The highest BCUT2D eigenvalue weighted by molar-refractivity contribution is 9.10. The van der Waals surface area contributed by atoms with Gasteiger partial charge in [0.15, 0.2) is 11.5 Å². The van der Waals surface area contributed by atoms with E-state index in [1.807, 2.05) is 6.07 Å². The van der Waals surface area contributed by atoms with Gasteiger partial charge in [0.2, 0.25) is 0 Å². The molecule has 6 heteroatoms. The number of rotatable bonds is 1. The van der Waals surface area contributed by atoms with Gasteiger partial charge in [0.1, 0.15) is 5.82 Å². The van der Waals surface area contributed by atoms with Gasteiger partial charge in [0.05, 0.1) is 16.1 Å². The highest BCUT2D eigenvalue weighted by Gasteiger charge is 2.12. The summed E-state index contributed by atoms with van der Waals surface area (Å²) in [7, 11) is 0. The number of H-pyrrole nitrogens is 1. The summed E-state index contributed by atoms with van der Waals surface area (Å²) in [6, 6.07) is 6.63. The lowest BCUT2D eigenvalue weighted by molar-refractivity contribution is 0.630. The van der Waals surface area contributed by atoms with Crippen molar-refractivity contribution in [1.82, 2.24) is 15.0 Å². The fourth-order valence-electron chi connectivity index (χ4n) is 1.69. The first-order valence-corrected chi connectivity index (χ1v) is 6.28. The molecule has 0 saturated heterocycles. The number of hydrogen-bond acceptors (Lipinski definition) is 2.